The zero-order valence-corrected chi connectivity index (χ0v) is 14.7. The Labute approximate surface area is 158 Å². The predicted octanol–water partition coefficient (Wildman–Crippen LogP) is 2.41. The van der Waals surface area contributed by atoms with Gasteiger partial charge in [-0.2, -0.15) is 18.2 Å². The third-order valence-electron chi connectivity index (χ3n) is 4.50. The summed E-state index contributed by atoms with van der Waals surface area (Å²) in [4.78, 5) is 18.7. The Hall–Kier alpha value is -3.14. The average molecular weight is 390 g/mol. The van der Waals surface area contributed by atoms with E-state index in [1.807, 2.05) is 12.3 Å². The van der Waals surface area contributed by atoms with Crippen LogP contribution in [0.25, 0.3) is 5.65 Å². The summed E-state index contributed by atoms with van der Waals surface area (Å²) in [5.74, 6) is -0.491. The third kappa shape index (κ3) is 3.77. The van der Waals surface area contributed by atoms with Gasteiger partial charge in [0.15, 0.2) is 5.65 Å². The van der Waals surface area contributed by atoms with Crippen LogP contribution in [0.4, 0.5) is 24.8 Å². The van der Waals surface area contributed by atoms with Gasteiger partial charge in [-0.05, 0) is 36.4 Å². The number of pyridine rings is 1. The number of piperazine rings is 1. The summed E-state index contributed by atoms with van der Waals surface area (Å²) in [5, 5.41) is 10.0. The van der Waals surface area contributed by atoms with Crippen molar-refractivity contribution in [3.05, 3.63) is 53.7 Å². The number of amides is 1. The highest BCUT2D eigenvalue weighted by atomic mass is 19.4. The van der Waals surface area contributed by atoms with E-state index in [0.717, 1.165) is 56.1 Å². The summed E-state index contributed by atoms with van der Waals surface area (Å²) < 4.78 is 39.4. The molecule has 0 saturated carbocycles. The lowest BCUT2D eigenvalue weighted by atomic mass is 10.1. The van der Waals surface area contributed by atoms with Crippen LogP contribution < -0.4 is 15.5 Å². The molecule has 0 spiro atoms. The van der Waals surface area contributed by atoms with E-state index in [9.17, 15) is 18.0 Å². The van der Waals surface area contributed by atoms with E-state index in [-0.39, 0.29) is 11.5 Å². The highest BCUT2D eigenvalue weighted by Gasteiger charge is 2.30. The van der Waals surface area contributed by atoms with Gasteiger partial charge in [0.2, 0.25) is 5.95 Å². The number of halogens is 3. The molecule has 1 saturated heterocycles. The van der Waals surface area contributed by atoms with Crippen LogP contribution in [0.2, 0.25) is 0 Å². The Morgan fingerprint density at radius 2 is 1.79 bits per heavy atom. The van der Waals surface area contributed by atoms with Crippen molar-refractivity contribution in [2.24, 2.45) is 0 Å². The molecule has 0 aliphatic carbocycles. The molecule has 7 nitrogen and oxygen atoms in total. The topological polar surface area (TPSA) is 74.6 Å². The number of nitrogens with zero attached hydrogens (tertiary/aromatic N) is 4. The lowest BCUT2D eigenvalue weighted by Crippen LogP contribution is -2.43. The Kier molecular flexibility index (Phi) is 4.63. The molecule has 146 valence electrons. The van der Waals surface area contributed by atoms with Gasteiger partial charge in [-0.1, -0.05) is 0 Å². The molecule has 1 fully saturated rings. The Bertz CT molecular complexity index is 993. The maximum absolute atomic E-state index is 12.6. The van der Waals surface area contributed by atoms with E-state index in [1.165, 1.54) is 0 Å². The molecule has 28 heavy (non-hydrogen) atoms. The average Bonchev–Trinajstić information content (AvgIpc) is 3.09. The number of hydrogen-bond donors (Lipinski definition) is 2. The fourth-order valence-corrected chi connectivity index (χ4v) is 3.02. The molecule has 1 amide bonds. The molecule has 0 radical (unpaired) electrons. The number of fused-ring (bicyclic) bond motifs is 1. The minimum atomic E-state index is -4.44. The zero-order valence-electron chi connectivity index (χ0n) is 14.7. The summed E-state index contributed by atoms with van der Waals surface area (Å²) in [6.45, 7) is 3.59. The van der Waals surface area contributed by atoms with Gasteiger partial charge in [-0.3, -0.25) is 10.1 Å². The molecule has 3 aromatic rings. The minimum absolute atomic E-state index is 0.0855. The van der Waals surface area contributed by atoms with Crippen LogP contribution in [-0.4, -0.2) is 46.7 Å². The molecule has 1 aliphatic rings. The summed E-state index contributed by atoms with van der Waals surface area (Å²) >= 11 is 0. The fourth-order valence-electron chi connectivity index (χ4n) is 3.02. The van der Waals surface area contributed by atoms with Gasteiger partial charge in [0, 0.05) is 31.7 Å². The molecule has 0 bridgehead atoms. The maximum Gasteiger partial charge on any atom is 0.416 e. The van der Waals surface area contributed by atoms with E-state index in [0.29, 0.717) is 5.65 Å². The molecular formula is C18H17F3N6O. The third-order valence-corrected chi connectivity index (χ3v) is 4.50. The van der Waals surface area contributed by atoms with Gasteiger partial charge in [-0.25, -0.2) is 4.52 Å². The first-order valence-electron chi connectivity index (χ1n) is 8.71. The highest BCUT2D eigenvalue weighted by Crippen LogP contribution is 2.29. The quantitative estimate of drug-likeness (QED) is 0.719. The molecule has 0 atom stereocenters. The number of carbonyl (C=O) groups excluding carboxylic acids is 1. The van der Waals surface area contributed by atoms with E-state index in [1.54, 1.807) is 10.6 Å². The van der Waals surface area contributed by atoms with Crippen LogP contribution in [0.3, 0.4) is 0 Å². The van der Waals surface area contributed by atoms with Crippen LogP contribution in [0, 0.1) is 0 Å². The molecule has 3 heterocycles. The summed E-state index contributed by atoms with van der Waals surface area (Å²) in [5.41, 5.74) is 0.838. The van der Waals surface area contributed by atoms with Gasteiger partial charge in [0.05, 0.1) is 17.4 Å². The number of hydrogen-bond acceptors (Lipinski definition) is 5. The molecule has 0 unspecified atom stereocenters. The molecule has 2 N–H and O–H groups in total. The second-order valence-electron chi connectivity index (χ2n) is 6.39. The molecule has 4 rings (SSSR count). The van der Waals surface area contributed by atoms with Crippen LogP contribution in [0.15, 0.2) is 42.6 Å². The number of rotatable bonds is 3. The molecule has 1 aromatic carbocycles. The fraction of sp³-hybridized carbons (Fsp3) is 0.278. The van der Waals surface area contributed by atoms with Crippen molar-refractivity contribution < 1.29 is 18.0 Å². The second-order valence-corrected chi connectivity index (χ2v) is 6.39. The second kappa shape index (κ2) is 7.12. The van der Waals surface area contributed by atoms with Gasteiger partial charge in [-0.15, -0.1) is 5.10 Å². The number of carbonyl (C=O) groups is 1. The molecule has 10 heteroatoms. The Morgan fingerprint density at radius 1 is 1.07 bits per heavy atom. The van der Waals surface area contributed by atoms with E-state index in [2.05, 4.69) is 25.6 Å². The van der Waals surface area contributed by atoms with Crippen LogP contribution in [-0.2, 0) is 6.18 Å². The van der Waals surface area contributed by atoms with Crippen molar-refractivity contribution in [1.82, 2.24) is 19.9 Å². The standard InChI is InChI=1S/C18H17F3N6O/c19-18(20,21)13-3-1-12(2-4-13)16(28)24-17-23-15-6-5-14(11-27(15)25-17)26-9-7-22-8-10-26/h1-6,11,22H,7-10H2,(H,24,25,28). The van der Waals surface area contributed by atoms with Crippen molar-refractivity contribution in [1.29, 1.82) is 0 Å². The van der Waals surface area contributed by atoms with Crippen molar-refractivity contribution in [3.63, 3.8) is 0 Å². The summed E-state index contributed by atoms with van der Waals surface area (Å²) in [6.07, 6.45) is -2.61. The first-order chi connectivity index (χ1) is 13.4. The molecular weight excluding hydrogens is 373 g/mol. The number of anilines is 2. The van der Waals surface area contributed by atoms with Crippen molar-refractivity contribution in [3.8, 4) is 0 Å². The van der Waals surface area contributed by atoms with Gasteiger partial charge < -0.3 is 10.2 Å². The lowest BCUT2D eigenvalue weighted by molar-refractivity contribution is -0.137. The van der Waals surface area contributed by atoms with Crippen molar-refractivity contribution >= 4 is 23.2 Å². The molecule has 2 aromatic heterocycles. The highest BCUT2D eigenvalue weighted by molar-refractivity contribution is 6.03. The minimum Gasteiger partial charge on any atom is -0.368 e. The SMILES string of the molecule is O=C(Nc1nc2ccc(N3CCNCC3)cn2n1)c1ccc(C(F)(F)F)cc1. The van der Waals surface area contributed by atoms with Crippen LogP contribution >= 0.6 is 0 Å². The van der Waals surface area contributed by atoms with Gasteiger partial charge >= 0.3 is 6.18 Å². The lowest BCUT2D eigenvalue weighted by Gasteiger charge is -2.29. The monoisotopic (exact) mass is 390 g/mol. The number of benzene rings is 1. The number of alkyl halides is 3. The van der Waals surface area contributed by atoms with Crippen LogP contribution in [0.5, 0.6) is 0 Å². The zero-order chi connectivity index (χ0) is 19.7. The van der Waals surface area contributed by atoms with E-state index < -0.39 is 17.6 Å². The summed E-state index contributed by atoms with van der Waals surface area (Å²) in [7, 11) is 0. The number of aromatic nitrogens is 3. The largest absolute Gasteiger partial charge is 0.416 e. The van der Waals surface area contributed by atoms with Crippen molar-refractivity contribution in [2.45, 2.75) is 6.18 Å². The Morgan fingerprint density at radius 3 is 2.46 bits per heavy atom. The Balaban J connectivity index is 1.50. The van der Waals surface area contributed by atoms with Crippen LogP contribution in [0.1, 0.15) is 15.9 Å². The molecule has 1 aliphatic heterocycles. The van der Waals surface area contributed by atoms with Gasteiger partial charge in [0.25, 0.3) is 5.91 Å². The summed E-state index contributed by atoms with van der Waals surface area (Å²) in [6, 6.07) is 7.72. The number of nitrogens with one attached hydrogen (secondary N) is 2. The van der Waals surface area contributed by atoms with Gasteiger partial charge in [0.1, 0.15) is 0 Å². The van der Waals surface area contributed by atoms with E-state index >= 15 is 0 Å². The smallest absolute Gasteiger partial charge is 0.368 e. The van der Waals surface area contributed by atoms with Crippen molar-refractivity contribution in [2.75, 3.05) is 36.4 Å². The maximum atomic E-state index is 12.6. The predicted molar refractivity (Wildman–Crippen MR) is 97.5 cm³/mol. The van der Waals surface area contributed by atoms with E-state index in [4.69, 9.17) is 0 Å². The normalized spacial score (nSPS) is 15.0. The first kappa shape index (κ1) is 18.2. The first-order valence-corrected chi connectivity index (χ1v) is 8.71.